The second-order valence-electron chi connectivity index (χ2n) is 8.35. The molecule has 0 heterocycles. The molecular formula is C23H38N2O3. The van der Waals surface area contributed by atoms with Gasteiger partial charge in [0.25, 0.3) is 0 Å². The van der Waals surface area contributed by atoms with E-state index in [2.05, 4.69) is 5.16 Å². The number of benzene rings is 1. The molecule has 1 rings (SSSR count). The maximum absolute atomic E-state index is 12.7. The molecule has 0 aliphatic rings. The molecule has 0 aliphatic heterocycles. The van der Waals surface area contributed by atoms with Crippen molar-refractivity contribution in [3.8, 4) is 0 Å². The second-order valence-corrected chi connectivity index (χ2v) is 8.35. The summed E-state index contributed by atoms with van der Waals surface area (Å²) in [7, 11) is 1.91. The lowest BCUT2D eigenvalue weighted by Gasteiger charge is -2.37. The highest BCUT2D eigenvalue weighted by atomic mass is 16.6. The van der Waals surface area contributed by atoms with E-state index in [4.69, 9.17) is 4.84 Å². The van der Waals surface area contributed by atoms with E-state index in [1.807, 2.05) is 83.8 Å². The maximum atomic E-state index is 12.7. The summed E-state index contributed by atoms with van der Waals surface area (Å²) in [6.07, 6.45) is 0.764. The lowest BCUT2D eigenvalue weighted by molar-refractivity contribution is -0.133. The Labute approximate surface area is 170 Å². The van der Waals surface area contributed by atoms with Gasteiger partial charge in [0.15, 0.2) is 5.78 Å². The predicted molar refractivity (Wildman–Crippen MR) is 115 cm³/mol. The van der Waals surface area contributed by atoms with Gasteiger partial charge >= 0.3 is 0 Å². The van der Waals surface area contributed by atoms with Gasteiger partial charge in [0.2, 0.25) is 0 Å². The lowest BCUT2D eigenvalue weighted by Crippen LogP contribution is -2.53. The minimum Gasteiger partial charge on any atom is -0.391 e. The minimum atomic E-state index is -0.708. The number of oxime groups is 1. The number of aliphatic hydroxyl groups is 1. The molecule has 5 heteroatoms. The van der Waals surface area contributed by atoms with Crippen LogP contribution in [0, 0.1) is 11.8 Å². The van der Waals surface area contributed by atoms with E-state index >= 15 is 0 Å². The van der Waals surface area contributed by atoms with Gasteiger partial charge in [-0.05, 0) is 52.1 Å². The van der Waals surface area contributed by atoms with Crippen LogP contribution in [0.5, 0.6) is 0 Å². The highest BCUT2D eigenvalue weighted by Crippen LogP contribution is 2.22. The molecule has 0 unspecified atom stereocenters. The molecule has 3 atom stereocenters. The molecule has 28 heavy (non-hydrogen) atoms. The third-order valence-corrected chi connectivity index (χ3v) is 5.28. The normalized spacial score (nSPS) is 15.8. The Morgan fingerprint density at radius 2 is 1.75 bits per heavy atom. The molecule has 0 amide bonds. The SMILES string of the molecule is CC(CC[C@@H](C)[C@@H](O)[C@@H](C(=O)C(C)C)N(C)C(C)C)=NOCc1ccccc1. The van der Waals surface area contributed by atoms with E-state index in [1.165, 1.54) is 0 Å². The topological polar surface area (TPSA) is 62.1 Å². The zero-order valence-electron chi connectivity index (χ0n) is 18.6. The van der Waals surface area contributed by atoms with Crippen molar-refractivity contribution in [2.75, 3.05) is 7.05 Å². The van der Waals surface area contributed by atoms with E-state index in [-0.39, 0.29) is 23.7 Å². The van der Waals surface area contributed by atoms with Crippen LogP contribution < -0.4 is 0 Å². The molecule has 0 radical (unpaired) electrons. The monoisotopic (exact) mass is 390 g/mol. The highest BCUT2D eigenvalue weighted by molar-refractivity contribution is 5.86. The van der Waals surface area contributed by atoms with Gasteiger partial charge in [-0.2, -0.15) is 0 Å². The van der Waals surface area contributed by atoms with Crippen LogP contribution in [0.3, 0.4) is 0 Å². The number of Topliss-reactive ketones (excluding diaryl/α,β-unsaturated/α-hetero) is 1. The van der Waals surface area contributed by atoms with Crippen molar-refractivity contribution >= 4 is 11.5 Å². The van der Waals surface area contributed by atoms with Gasteiger partial charge in [0.1, 0.15) is 6.61 Å². The van der Waals surface area contributed by atoms with E-state index in [0.29, 0.717) is 6.61 Å². The van der Waals surface area contributed by atoms with Crippen molar-refractivity contribution in [1.29, 1.82) is 0 Å². The molecule has 0 spiro atoms. The fourth-order valence-electron chi connectivity index (χ4n) is 3.03. The Morgan fingerprint density at radius 1 is 1.14 bits per heavy atom. The van der Waals surface area contributed by atoms with Crippen molar-refractivity contribution in [3.05, 3.63) is 35.9 Å². The van der Waals surface area contributed by atoms with Crippen molar-refractivity contribution in [3.63, 3.8) is 0 Å². The first kappa shape index (κ1) is 24.3. The Hall–Kier alpha value is -1.72. The number of carbonyl (C=O) groups excluding carboxylic acids is 1. The summed E-state index contributed by atoms with van der Waals surface area (Å²) in [5.41, 5.74) is 1.97. The number of aliphatic hydroxyl groups excluding tert-OH is 1. The summed E-state index contributed by atoms with van der Waals surface area (Å²) in [6, 6.07) is 9.62. The standard InChI is InChI=1S/C23H38N2O3/c1-16(2)22(26)21(25(7)17(3)4)23(27)18(5)13-14-19(6)24-28-15-20-11-9-8-10-12-20/h8-12,16-18,21,23,27H,13-15H2,1-7H3/t18-,21-,23-/m1/s1. The maximum Gasteiger partial charge on any atom is 0.155 e. The number of hydrogen-bond acceptors (Lipinski definition) is 5. The first-order chi connectivity index (χ1) is 13.1. The molecule has 1 aromatic rings. The third-order valence-electron chi connectivity index (χ3n) is 5.28. The van der Waals surface area contributed by atoms with Crippen molar-refractivity contribution < 1.29 is 14.7 Å². The number of rotatable bonds is 12. The van der Waals surface area contributed by atoms with E-state index < -0.39 is 12.1 Å². The van der Waals surface area contributed by atoms with Gasteiger partial charge in [-0.25, -0.2) is 0 Å². The molecule has 5 nitrogen and oxygen atoms in total. The summed E-state index contributed by atoms with van der Waals surface area (Å²) < 4.78 is 0. The fourth-order valence-corrected chi connectivity index (χ4v) is 3.03. The van der Waals surface area contributed by atoms with Gasteiger partial charge < -0.3 is 9.94 Å². The molecular weight excluding hydrogens is 352 g/mol. The quantitative estimate of drug-likeness (QED) is 0.427. The Bertz CT molecular complexity index is 614. The van der Waals surface area contributed by atoms with E-state index in [0.717, 1.165) is 24.1 Å². The van der Waals surface area contributed by atoms with Crippen LogP contribution in [0.15, 0.2) is 35.5 Å². The minimum absolute atomic E-state index is 0.0202. The second kappa shape index (κ2) is 12.0. The van der Waals surface area contributed by atoms with Crippen molar-refractivity contribution in [1.82, 2.24) is 4.90 Å². The largest absolute Gasteiger partial charge is 0.391 e. The summed E-state index contributed by atoms with van der Waals surface area (Å²) in [5, 5.41) is 15.1. The van der Waals surface area contributed by atoms with Crippen LogP contribution in [-0.2, 0) is 16.2 Å². The Morgan fingerprint density at radius 3 is 2.29 bits per heavy atom. The van der Waals surface area contributed by atoms with Crippen LogP contribution in [-0.4, -0.2) is 46.7 Å². The molecule has 0 aliphatic carbocycles. The molecule has 0 aromatic heterocycles. The lowest BCUT2D eigenvalue weighted by atomic mass is 9.86. The van der Waals surface area contributed by atoms with Gasteiger partial charge in [0, 0.05) is 12.0 Å². The summed E-state index contributed by atoms with van der Waals surface area (Å²) in [4.78, 5) is 20.1. The van der Waals surface area contributed by atoms with Gasteiger partial charge in [-0.15, -0.1) is 0 Å². The Kier molecular flexibility index (Phi) is 10.4. The molecule has 0 saturated carbocycles. The summed E-state index contributed by atoms with van der Waals surface area (Å²) in [6.45, 7) is 12.2. The average molecular weight is 391 g/mol. The number of hydrogen-bond donors (Lipinski definition) is 1. The Balaban J connectivity index is 2.61. The average Bonchev–Trinajstić information content (AvgIpc) is 2.66. The van der Waals surface area contributed by atoms with Crippen molar-refractivity contribution in [2.45, 2.75) is 79.2 Å². The van der Waals surface area contributed by atoms with Crippen LogP contribution in [0.1, 0.15) is 59.9 Å². The molecule has 0 fully saturated rings. The molecule has 0 saturated heterocycles. The first-order valence-electron chi connectivity index (χ1n) is 10.3. The van der Waals surface area contributed by atoms with Crippen LogP contribution >= 0.6 is 0 Å². The fraction of sp³-hybridized carbons (Fsp3) is 0.652. The number of likely N-dealkylation sites (N-methyl/N-ethyl adjacent to an activating group) is 1. The van der Waals surface area contributed by atoms with Gasteiger partial charge in [-0.3, -0.25) is 9.69 Å². The summed E-state index contributed by atoms with van der Waals surface area (Å²) in [5.74, 6) is -0.0389. The predicted octanol–water partition coefficient (Wildman–Crippen LogP) is 4.29. The van der Waals surface area contributed by atoms with E-state index in [1.54, 1.807) is 0 Å². The number of carbonyl (C=O) groups is 1. The molecule has 0 bridgehead atoms. The smallest absolute Gasteiger partial charge is 0.155 e. The van der Waals surface area contributed by atoms with E-state index in [9.17, 15) is 9.90 Å². The van der Waals surface area contributed by atoms with Crippen LogP contribution in [0.2, 0.25) is 0 Å². The van der Waals surface area contributed by atoms with Gasteiger partial charge in [-0.1, -0.05) is 56.3 Å². The molecule has 1 aromatic carbocycles. The van der Waals surface area contributed by atoms with Gasteiger partial charge in [0.05, 0.1) is 17.9 Å². The molecule has 1 N–H and O–H groups in total. The summed E-state index contributed by atoms with van der Waals surface area (Å²) >= 11 is 0. The molecule has 158 valence electrons. The van der Waals surface area contributed by atoms with Crippen LogP contribution in [0.25, 0.3) is 0 Å². The number of ketones is 1. The number of nitrogens with zero attached hydrogens (tertiary/aromatic N) is 2. The highest BCUT2D eigenvalue weighted by Gasteiger charge is 2.35. The van der Waals surface area contributed by atoms with Crippen molar-refractivity contribution in [2.24, 2.45) is 17.0 Å². The van der Waals surface area contributed by atoms with Crippen LogP contribution in [0.4, 0.5) is 0 Å². The third kappa shape index (κ3) is 7.72. The first-order valence-corrected chi connectivity index (χ1v) is 10.3. The zero-order valence-corrected chi connectivity index (χ0v) is 18.6. The zero-order chi connectivity index (χ0) is 21.3.